The number of ketones is 1. The summed E-state index contributed by atoms with van der Waals surface area (Å²) in [5, 5.41) is 10.1. The van der Waals surface area contributed by atoms with Crippen molar-refractivity contribution in [3.05, 3.63) is 76.0 Å². The number of Topliss-reactive ketones (excluding diaryl/α,β-unsaturated/α-hetero) is 1. The van der Waals surface area contributed by atoms with Gasteiger partial charge in [-0.25, -0.2) is 0 Å². The number of rotatable bonds is 3. The van der Waals surface area contributed by atoms with Crippen molar-refractivity contribution < 1.29 is 9.90 Å². The van der Waals surface area contributed by atoms with Crippen LogP contribution in [0.15, 0.2) is 48.2 Å². The SMILES string of the molecule is Cc1cc(C)c(C(=O)/C(O)=C\c2ccccc2)c(C)c1. The lowest BCUT2D eigenvalue weighted by Crippen LogP contribution is -2.08. The van der Waals surface area contributed by atoms with Crippen molar-refractivity contribution in [2.24, 2.45) is 0 Å². The van der Waals surface area contributed by atoms with E-state index >= 15 is 0 Å². The zero-order valence-corrected chi connectivity index (χ0v) is 12.0. The fraction of sp³-hybridized carbons (Fsp3) is 0.167. The van der Waals surface area contributed by atoms with Gasteiger partial charge in [-0.2, -0.15) is 0 Å². The normalized spacial score (nSPS) is 11.4. The molecule has 0 atom stereocenters. The summed E-state index contributed by atoms with van der Waals surface area (Å²) >= 11 is 0. The van der Waals surface area contributed by atoms with Crippen LogP contribution in [0.5, 0.6) is 0 Å². The molecule has 0 aliphatic heterocycles. The predicted octanol–water partition coefficient (Wildman–Crippen LogP) is 4.39. The van der Waals surface area contributed by atoms with Crippen molar-refractivity contribution in [3.8, 4) is 0 Å². The molecule has 0 fully saturated rings. The lowest BCUT2D eigenvalue weighted by Gasteiger charge is -2.10. The van der Waals surface area contributed by atoms with E-state index in [9.17, 15) is 9.90 Å². The molecule has 0 saturated carbocycles. The highest BCUT2D eigenvalue weighted by Gasteiger charge is 2.16. The largest absolute Gasteiger partial charge is 0.504 e. The Morgan fingerprint density at radius 1 is 1.00 bits per heavy atom. The molecule has 2 heteroatoms. The fourth-order valence-electron chi connectivity index (χ4n) is 2.44. The number of carbonyl (C=O) groups is 1. The Kier molecular flexibility index (Phi) is 4.04. The first-order valence-electron chi connectivity index (χ1n) is 6.57. The van der Waals surface area contributed by atoms with Crippen molar-refractivity contribution >= 4 is 11.9 Å². The highest BCUT2D eigenvalue weighted by atomic mass is 16.3. The third-order valence-corrected chi connectivity index (χ3v) is 3.24. The fourth-order valence-corrected chi connectivity index (χ4v) is 2.44. The van der Waals surface area contributed by atoms with Crippen LogP contribution in [-0.2, 0) is 0 Å². The number of allylic oxidation sites excluding steroid dienone is 1. The van der Waals surface area contributed by atoms with Crippen LogP contribution >= 0.6 is 0 Å². The summed E-state index contributed by atoms with van der Waals surface area (Å²) < 4.78 is 0. The Bertz CT molecular complexity index is 644. The van der Waals surface area contributed by atoms with E-state index in [-0.39, 0.29) is 11.5 Å². The molecule has 0 spiro atoms. The van der Waals surface area contributed by atoms with E-state index in [2.05, 4.69) is 0 Å². The van der Waals surface area contributed by atoms with Crippen molar-refractivity contribution in [3.63, 3.8) is 0 Å². The van der Waals surface area contributed by atoms with Crippen LogP contribution in [0.1, 0.15) is 32.6 Å². The number of aryl methyl sites for hydroxylation is 3. The smallest absolute Gasteiger partial charge is 0.227 e. The van der Waals surface area contributed by atoms with E-state index in [1.54, 1.807) is 0 Å². The molecule has 20 heavy (non-hydrogen) atoms. The van der Waals surface area contributed by atoms with Crippen LogP contribution in [0.3, 0.4) is 0 Å². The maximum absolute atomic E-state index is 12.4. The molecule has 0 aromatic heterocycles. The molecule has 0 amide bonds. The molecule has 2 rings (SSSR count). The summed E-state index contributed by atoms with van der Waals surface area (Å²) in [6.45, 7) is 5.78. The minimum atomic E-state index is -0.330. The molecule has 2 aromatic carbocycles. The van der Waals surface area contributed by atoms with Gasteiger partial charge in [-0.15, -0.1) is 0 Å². The summed E-state index contributed by atoms with van der Waals surface area (Å²) in [7, 11) is 0. The molecule has 102 valence electrons. The Labute approximate surface area is 119 Å². The summed E-state index contributed by atoms with van der Waals surface area (Å²) in [4.78, 5) is 12.4. The van der Waals surface area contributed by atoms with Crippen LogP contribution in [0, 0.1) is 20.8 Å². The number of aliphatic hydroxyl groups excluding tert-OH is 1. The second kappa shape index (κ2) is 5.74. The van der Waals surface area contributed by atoms with Gasteiger partial charge in [0.15, 0.2) is 5.76 Å². The number of benzene rings is 2. The standard InChI is InChI=1S/C18H18O2/c1-12-9-13(2)17(14(3)10-12)18(20)16(19)11-15-7-5-4-6-8-15/h4-11,19H,1-3H3/b16-11+. The molecule has 0 saturated heterocycles. The number of hydrogen-bond donors (Lipinski definition) is 1. The van der Waals surface area contributed by atoms with Crippen LogP contribution in [0.4, 0.5) is 0 Å². The maximum Gasteiger partial charge on any atom is 0.227 e. The molecular weight excluding hydrogens is 248 g/mol. The van der Waals surface area contributed by atoms with Crippen LogP contribution < -0.4 is 0 Å². The first kappa shape index (κ1) is 14.1. The summed E-state index contributed by atoms with van der Waals surface area (Å²) in [5.74, 6) is -0.560. The number of hydrogen-bond acceptors (Lipinski definition) is 2. The van der Waals surface area contributed by atoms with Crippen molar-refractivity contribution in [2.45, 2.75) is 20.8 Å². The van der Waals surface area contributed by atoms with Gasteiger partial charge in [0.2, 0.25) is 5.78 Å². The monoisotopic (exact) mass is 266 g/mol. The van der Waals surface area contributed by atoms with Crippen LogP contribution in [0.2, 0.25) is 0 Å². The van der Waals surface area contributed by atoms with Gasteiger partial charge in [0.25, 0.3) is 0 Å². The summed E-state index contributed by atoms with van der Waals surface area (Å²) in [5.41, 5.74) is 4.28. The van der Waals surface area contributed by atoms with E-state index in [1.807, 2.05) is 63.2 Å². The second-order valence-corrected chi connectivity index (χ2v) is 5.04. The third-order valence-electron chi connectivity index (χ3n) is 3.24. The molecule has 0 heterocycles. The Hall–Kier alpha value is -2.35. The minimum absolute atomic E-state index is 0.230. The van der Waals surface area contributed by atoms with Crippen LogP contribution in [0.25, 0.3) is 6.08 Å². The number of aliphatic hydroxyl groups is 1. The van der Waals surface area contributed by atoms with Gasteiger partial charge in [0.05, 0.1) is 0 Å². The zero-order valence-electron chi connectivity index (χ0n) is 12.0. The third kappa shape index (κ3) is 2.97. The molecule has 0 aliphatic carbocycles. The van der Waals surface area contributed by atoms with E-state index in [0.29, 0.717) is 5.56 Å². The second-order valence-electron chi connectivity index (χ2n) is 5.04. The Morgan fingerprint density at radius 3 is 2.10 bits per heavy atom. The summed E-state index contributed by atoms with van der Waals surface area (Å²) in [6.07, 6.45) is 1.50. The lowest BCUT2D eigenvalue weighted by molar-refractivity contribution is 0.0979. The maximum atomic E-state index is 12.4. The van der Waals surface area contributed by atoms with Gasteiger partial charge in [0.1, 0.15) is 0 Å². The van der Waals surface area contributed by atoms with Crippen LogP contribution in [-0.4, -0.2) is 10.9 Å². The van der Waals surface area contributed by atoms with E-state index < -0.39 is 0 Å². The molecule has 0 aliphatic rings. The Balaban J connectivity index is 2.40. The zero-order chi connectivity index (χ0) is 14.7. The quantitative estimate of drug-likeness (QED) is 0.508. The molecule has 2 aromatic rings. The number of carbonyl (C=O) groups excluding carboxylic acids is 1. The molecular formula is C18H18O2. The first-order chi connectivity index (χ1) is 9.49. The average Bonchev–Trinajstić information content (AvgIpc) is 2.38. The lowest BCUT2D eigenvalue weighted by atomic mass is 9.95. The minimum Gasteiger partial charge on any atom is -0.504 e. The topological polar surface area (TPSA) is 37.3 Å². The first-order valence-corrected chi connectivity index (χ1v) is 6.57. The molecule has 0 unspecified atom stereocenters. The average molecular weight is 266 g/mol. The van der Waals surface area contributed by atoms with Gasteiger partial charge in [-0.3, -0.25) is 4.79 Å². The van der Waals surface area contributed by atoms with E-state index in [0.717, 1.165) is 22.3 Å². The van der Waals surface area contributed by atoms with Crippen molar-refractivity contribution in [1.29, 1.82) is 0 Å². The highest BCUT2D eigenvalue weighted by Crippen LogP contribution is 2.20. The molecule has 1 N–H and O–H groups in total. The van der Waals surface area contributed by atoms with E-state index in [1.165, 1.54) is 6.08 Å². The summed E-state index contributed by atoms with van der Waals surface area (Å²) in [6, 6.07) is 13.2. The van der Waals surface area contributed by atoms with Gasteiger partial charge in [-0.05, 0) is 43.5 Å². The molecule has 0 radical (unpaired) electrons. The molecule has 0 bridgehead atoms. The van der Waals surface area contributed by atoms with Gasteiger partial charge in [-0.1, -0.05) is 48.0 Å². The van der Waals surface area contributed by atoms with E-state index in [4.69, 9.17) is 0 Å². The van der Waals surface area contributed by atoms with Crippen molar-refractivity contribution in [1.82, 2.24) is 0 Å². The van der Waals surface area contributed by atoms with Gasteiger partial charge >= 0.3 is 0 Å². The van der Waals surface area contributed by atoms with Crippen molar-refractivity contribution in [2.75, 3.05) is 0 Å². The molecule has 2 nitrogen and oxygen atoms in total. The Morgan fingerprint density at radius 2 is 1.55 bits per heavy atom. The predicted molar refractivity (Wildman–Crippen MR) is 82.0 cm³/mol. The van der Waals surface area contributed by atoms with Gasteiger partial charge < -0.3 is 5.11 Å². The highest BCUT2D eigenvalue weighted by molar-refractivity contribution is 6.11. The van der Waals surface area contributed by atoms with Gasteiger partial charge in [0, 0.05) is 5.56 Å².